The van der Waals surface area contributed by atoms with Crippen LogP contribution in [0.15, 0.2) is 18.2 Å². The summed E-state index contributed by atoms with van der Waals surface area (Å²) >= 11 is 3.13. The minimum Gasteiger partial charge on any atom is -0.479 e. The summed E-state index contributed by atoms with van der Waals surface area (Å²) in [5, 5.41) is 27.8. The third-order valence-corrected chi connectivity index (χ3v) is 2.85. The number of aliphatic hydroxyl groups is 2. The maximum absolute atomic E-state index is 11.8. The minimum absolute atomic E-state index is 0.0139. The van der Waals surface area contributed by atoms with E-state index in [2.05, 4.69) is 15.9 Å². The van der Waals surface area contributed by atoms with E-state index in [1.54, 1.807) is 0 Å². The number of hydrogen-bond donors (Lipinski definition) is 3. The van der Waals surface area contributed by atoms with Crippen molar-refractivity contribution in [3.05, 3.63) is 34.9 Å². The summed E-state index contributed by atoms with van der Waals surface area (Å²) in [4.78, 5) is 22.6. The molecular weight excluding hydrogens is 304 g/mol. The van der Waals surface area contributed by atoms with Crippen LogP contribution >= 0.6 is 15.9 Å². The van der Waals surface area contributed by atoms with Crippen molar-refractivity contribution in [1.29, 1.82) is 0 Å². The van der Waals surface area contributed by atoms with E-state index >= 15 is 0 Å². The molecule has 1 rings (SSSR count). The van der Waals surface area contributed by atoms with Crippen LogP contribution in [0.3, 0.4) is 0 Å². The average Bonchev–Trinajstić information content (AvgIpc) is 2.37. The molecule has 0 bridgehead atoms. The topological polar surface area (TPSA) is 94.8 Å². The SMILES string of the molecule is O=C(CCBr)c1ccc(CO)cc1C(O)C(=O)O. The van der Waals surface area contributed by atoms with Crippen molar-refractivity contribution in [3.8, 4) is 0 Å². The van der Waals surface area contributed by atoms with Gasteiger partial charge in [-0.3, -0.25) is 4.79 Å². The van der Waals surface area contributed by atoms with E-state index < -0.39 is 12.1 Å². The van der Waals surface area contributed by atoms with Crippen LogP contribution in [0.25, 0.3) is 0 Å². The van der Waals surface area contributed by atoms with Crippen LogP contribution in [-0.2, 0) is 11.4 Å². The predicted octanol–water partition coefficient (Wildman–Crippen LogP) is 1.26. The van der Waals surface area contributed by atoms with Crippen LogP contribution in [0.2, 0.25) is 0 Å². The van der Waals surface area contributed by atoms with Crippen LogP contribution in [-0.4, -0.2) is 32.4 Å². The molecule has 0 radical (unpaired) electrons. The van der Waals surface area contributed by atoms with Gasteiger partial charge in [0, 0.05) is 22.9 Å². The van der Waals surface area contributed by atoms with Gasteiger partial charge in [0.2, 0.25) is 0 Å². The van der Waals surface area contributed by atoms with E-state index in [1.807, 2.05) is 0 Å². The number of carboxylic acid groups (broad SMARTS) is 1. The van der Waals surface area contributed by atoms with Gasteiger partial charge in [-0.05, 0) is 11.6 Å². The molecule has 0 saturated heterocycles. The lowest BCUT2D eigenvalue weighted by Gasteiger charge is -2.12. The zero-order valence-electron chi connectivity index (χ0n) is 9.47. The smallest absolute Gasteiger partial charge is 0.337 e. The molecule has 0 saturated carbocycles. The number of carbonyl (C=O) groups is 2. The summed E-state index contributed by atoms with van der Waals surface area (Å²) in [6.45, 7) is -0.285. The molecule has 0 fully saturated rings. The highest BCUT2D eigenvalue weighted by Crippen LogP contribution is 2.22. The van der Waals surface area contributed by atoms with Crippen LogP contribution in [0.1, 0.15) is 34.0 Å². The van der Waals surface area contributed by atoms with Crippen molar-refractivity contribution in [1.82, 2.24) is 0 Å². The normalized spacial score (nSPS) is 12.2. The first-order valence-corrected chi connectivity index (χ1v) is 6.37. The van der Waals surface area contributed by atoms with E-state index in [-0.39, 0.29) is 29.9 Å². The van der Waals surface area contributed by atoms with Crippen molar-refractivity contribution >= 4 is 27.7 Å². The number of carboxylic acids is 1. The van der Waals surface area contributed by atoms with E-state index in [9.17, 15) is 14.7 Å². The van der Waals surface area contributed by atoms with Gasteiger partial charge < -0.3 is 15.3 Å². The molecule has 6 heteroatoms. The number of halogens is 1. The quantitative estimate of drug-likeness (QED) is 0.542. The highest BCUT2D eigenvalue weighted by molar-refractivity contribution is 9.09. The predicted molar refractivity (Wildman–Crippen MR) is 67.7 cm³/mol. The molecule has 0 spiro atoms. The second-order valence-corrected chi connectivity index (χ2v) is 4.48. The second kappa shape index (κ2) is 6.63. The number of carbonyl (C=O) groups excluding carboxylic acids is 1. The molecule has 5 nitrogen and oxygen atoms in total. The monoisotopic (exact) mass is 316 g/mol. The number of benzene rings is 1. The summed E-state index contributed by atoms with van der Waals surface area (Å²) in [5.41, 5.74) is 0.627. The van der Waals surface area contributed by atoms with Crippen molar-refractivity contribution in [3.63, 3.8) is 0 Å². The standard InChI is InChI=1S/C12H13BrO5/c13-4-3-10(15)8-2-1-7(6-14)5-9(8)11(16)12(17)18/h1-2,5,11,14,16H,3-4,6H2,(H,17,18). The number of rotatable bonds is 6. The van der Waals surface area contributed by atoms with Gasteiger partial charge in [-0.25, -0.2) is 4.79 Å². The number of aliphatic carboxylic acids is 1. The van der Waals surface area contributed by atoms with Crippen molar-refractivity contribution in [2.45, 2.75) is 19.1 Å². The molecule has 98 valence electrons. The van der Waals surface area contributed by atoms with Gasteiger partial charge in [0.15, 0.2) is 11.9 Å². The molecule has 3 N–H and O–H groups in total. The molecule has 0 amide bonds. The maximum atomic E-state index is 11.8. The zero-order chi connectivity index (χ0) is 13.7. The second-order valence-electron chi connectivity index (χ2n) is 3.68. The van der Waals surface area contributed by atoms with Crippen molar-refractivity contribution < 1.29 is 24.9 Å². The minimum atomic E-state index is -1.77. The van der Waals surface area contributed by atoms with Gasteiger partial charge in [-0.1, -0.05) is 28.1 Å². The lowest BCUT2D eigenvalue weighted by atomic mass is 9.96. The van der Waals surface area contributed by atoms with Gasteiger partial charge in [-0.15, -0.1) is 0 Å². The van der Waals surface area contributed by atoms with Crippen LogP contribution in [0.5, 0.6) is 0 Å². The molecule has 0 aliphatic carbocycles. The Bertz CT molecular complexity index is 458. The highest BCUT2D eigenvalue weighted by Gasteiger charge is 2.22. The van der Waals surface area contributed by atoms with Gasteiger partial charge in [0.05, 0.1) is 6.61 Å². The summed E-state index contributed by atoms with van der Waals surface area (Å²) in [6, 6.07) is 4.29. The molecule has 0 heterocycles. The number of ketones is 1. The summed E-state index contributed by atoms with van der Waals surface area (Å²) in [6.07, 6.45) is -1.57. The van der Waals surface area contributed by atoms with Crippen LogP contribution < -0.4 is 0 Å². The Hall–Kier alpha value is -1.24. The largest absolute Gasteiger partial charge is 0.479 e. The maximum Gasteiger partial charge on any atom is 0.337 e. The molecule has 18 heavy (non-hydrogen) atoms. The summed E-state index contributed by atoms with van der Waals surface area (Å²) in [7, 11) is 0. The molecule has 0 aliphatic rings. The first-order valence-electron chi connectivity index (χ1n) is 5.25. The first-order chi connectivity index (χ1) is 8.51. The zero-order valence-corrected chi connectivity index (χ0v) is 11.1. The van der Waals surface area contributed by atoms with Crippen LogP contribution in [0, 0.1) is 0 Å². The molecule has 1 aromatic carbocycles. The highest BCUT2D eigenvalue weighted by atomic mass is 79.9. The molecule has 1 aromatic rings. The summed E-state index contributed by atoms with van der Waals surface area (Å²) < 4.78 is 0. The van der Waals surface area contributed by atoms with Crippen molar-refractivity contribution in [2.24, 2.45) is 0 Å². The first kappa shape index (κ1) is 14.8. The number of alkyl halides is 1. The number of hydrogen-bond acceptors (Lipinski definition) is 4. The Labute approximate surface area is 112 Å². The van der Waals surface area contributed by atoms with Crippen LogP contribution in [0.4, 0.5) is 0 Å². The van der Waals surface area contributed by atoms with E-state index in [0.717, 1.165) is 0 Å². The summed E-state index contributed by atoms with van der Waals surface area (Å²) in [5.74, 6) is -1.69. The molecular formula is C12H13BrO5. The van der Waals surface area contributed by atoms with Gasteiger partial charge >= 0.3 is 5.97 Å². The fourth-order valence-corrected chi connectivity index (χ4v) is 1.90. The number of Topliss-reactive ketones (excluding diaryl/α,β-unsaturated/α-hetero) is 1. The van der Waals surface area contributed by atoms with Gasteiger partial charge in [-0.2, -0.15) is 0 Å². The Balaban J connectivity index is 3.24. The third kappa shape index (κ3) is 3.38. The Kier molecular flexibility index (Phi) is 5.46. The average molecular weight is 317 g/mol. The number of aliphatic hydroxyl groups excluding tert-OH is 2. The third-order valence-electron chi connectivity index (χ3n) is 2.45. The Morgan fingerprint density at radius 1 is 1.33 bits per heavy atom. The molecule has 1 unspecified atom stereocenters. The fourth-order valence-electron chi connectivity index (χ4n) is 1.54. The van der Waals surface area contributed by atoms with E-state index in [0.29, 0.717) is 10.9 Å². The van der Waals surface area contributed by atoms with Gasteiger partial charge in [0.1, 0.15) is 0 Å². The fraction of sp³-hybridized carbons (Fsp3) is 0.333. The van der Waals surface area contributed by atoms with Gasteiger partial charge in [0.25, 0.3) is 0 Å². The lowest BCUT2D eigenvalue weighted by molar-refractivity contribution is -0.146. The molecule has 0 aliphatic heterocycles. The lowest BCUT2D eigenvalue weighted by Crippen LogP contribution is -2.16. The molecule has 0 aromatic heterocycles. The van der Waals surface area contributed by atoms with Crippen molar-refractivity contribution in [2.75, 3.05) is 5.33 Å². The Morgan fingerprint density at radius 2 is 2.00 bits per heavy atom. The van der Waals surface area contributed by atoms with E-state index in [1.165, 1.54) is 18.2 Å². The van der Waals surface area contributed by atoms with E-state index in [4.69, 9.17) is 10.2 Å². The Morgan fingerprint density at radius 3 is 2.50 bits per heavy atom. The molecule has 1 atom stereocenters.